The molecule has 21 heavy (non-hydrogen) atoms. The van der Waals surface area contributed by atoms with Crippen LogP contribution in [0.1, 0.15) is 17.3 Å². The molecule has 0 saturated carbocycles. The van der Waals surface area contributed by atoms with E-state index in [1.54, 1.807) is 0 Å². The van der Waals surface area contributed by atoms with Crippen molar-refractivity contribution < 1.29 is 31.5 Å². The number of nitrogens with one attached hydrogen (secondary N) is 1. The summed E-state index contributed by atoms with van der Waals surface area (Å²) in [5.74, 6) is -13.2. The standard InChI is InChI=1S/C12H9F5N2O2/c1-4-11(20)18-2-3-19(4)12(21)5-6(13)8(15)10(17)9(16)7(5)14/h4H,2-3H2,1H3,(H,18,20). The molecule has 1 aliphatic heterocycles. The summed E-state index contributed by atoms with van der Waals surface area (Å²) >= 11 is 0. The predicted octanol–water partition coefficient (Wildman–Crippen LogP) is 1.34. The van der Waals surface area contributed by atoms with Gasteiger partial charge in [-0.05, 0) is 6.92 Å². The van der Waals surface area contributed by atoms with Crippen LogP contribution in [-0.4, -0.2) is 35.8 Å². The van der Waals surface area contributed by atoms with Gasteiger partial charge in [0.2, 0.25) is 11.7 Å². The van der Waals surface area contributed by atoms with Gasteiger partial charge in [0.15, 0.2) is 23.3 Å². The van der Waals surface area contributed by atoms with Gasteiger partial charge in [0.1, 0.15) is 11.6 Å². The Hall–Kier alpha value is -2.19. The number of benzene rings is 1. The molecule has 1 heterocycles. The fraction of sp³-hybridized carbons (Fsp3) is 0.333. The summed E-state index contributed by atoms with van der Waals surface area (Å²) in [4.78, 5) is 24.2. The van der Waals surface area contributed by atoms with E-state index in [-0.39, 0.29) is 13.1 Å². The second kappa shape index (κ2) is 5.30. The summed E-state index contributed by atoms with van der Waals surface area (Å²) in [5.41, 5.74) is -1.56. The highest BCUT2D eigenvalue weighted by molar-refractivity contribution is 5.98. The van der Waals surface area contributed by atoms with E-state index in [1.807, 2.05) is 0 Å². The van der Waals surface area contributed by atoms with Gasteiger partial charge in [-0.25, -0.2) is 22.0 Å². The molecule has 0 bridgehead atoms. The van der Waals surface area contributed by atoms with Crippen molar-refractivity contribution in [2.24, 2.45) is 0 Å². The molecule has 1 saturated heterocycles. The van der Waals surface area contributed by atoms with E-state index in [4.69, 9.17) is 0 Å². The molecule has 1 aliphatic rings. The molecule has 1 N–H and O–H groups in total. The Morgan fingerprint density at radius 2 is 1.52 bits per heavy atom. The lowest BCUT2D eigenvalue weighted by atomic mass is 10.1. The van der Waals surface area contributed by atoms with Crippen LogP contribution >= 0.6 is 0 Å². The Labute approximate surface area is 115 Å². The molecule has 9 heteroatoms. The van der Waals surface area contributed by atoms with Gasteiger partial charge in [0.25, 0.3) is 5.91 Å². The number of carbonyl (C=O) groups is 2. The van der Waals surface area contributed by atoms with Crippen LogP contribution < -0.4 is 5.32 Å². The van der Waals surface area contributed by atoms with Gasteiger partial charge in [0.05, 0.1) is 0 Å². The van der Waals surface area contributed by atoms with Crippen LogP contribution in [0.2, 0.25) is 0 Å². The van der Waals surface area contributed by atoms with Gasteiger partial charge in [0, 0.05) is 13.1 Å². The first-order valence-corrected chi connectivity index (χ1v) is 5.87. The molecule has 114 valence electrons. The number of amides is 2. The Bertz CT molecular complexity index is 606. The van der Waals surface area contributed by atoms with Crippen LogP contribution in [-0.2, 0) is 4.79 Å². The Balaban J connectivity index is 2.52. The summed E-state index contributed by atoms with van der Waals surface area (Å²) in [6.45, 7) is 1.19. The average Bonchev–Trinajstić information content (AvgIpc) is 2.46. The van der Waals surface area contributed by atoms with Crippen LogP contribution in [0, 0.1) is 29.1 Å². The van der Waals surface area contributed by atoms with Crippen LogP contribution in [0.25, 0.3) is 0 Å². The van der Waals surface area contributed by atoms with E-state index < -0.39 is 52.5 Å². The van der Waals surface area contributed by atoms with Crippen molar-refractivity contribution in [1.82, 2.24) is 10.2 Å². The van der Waals surface area contributed by atoms with Gasteiger partial charge in [-0.1, -0.05) is 0 Å². The number of nitrogens with zero attached hydrogens (tertiary/aromatic N) is 1. The van der Waals surface area contributed by atoms with Gasteiger partial charge < -0.3 is 10.2 Å². The maximum atomic E-state index is 13.6. The monoisotopic (exact) mass is 308 g/mol. The third-order valence-corrected chi connectivity index (χ3v) is 3.18. The molecular formula is C12H9F5N2O2. The zero-order valence-electron chi connectivity index (χ0n) is 10.6. The maximum Gasteiger partial charge on any atom is 0.260 e. The third-order valence-electron chi connectivity index (χ3n) is 3.18. The quantitative estimate of drug-likeness (QED) is 0.483. The second-order valence-electron chi connectivity index (χ2n) is 4.41. The van der Waals surface area contributed by atoms with Crippen molar-refractivity contribution >= 4 is 11.8 Å². The van der Waals surface area contributed by atoms with E-state index in [0.29, 0.717) is 0 Å². The highest BCUT2D eigenvalue weighted by Gasteiger charge is 2.36. The van der Waals surface area contributed by atoms with Gasteiger partial charge >= 0.3 is 0 Å². The Kier molecular flexibility index (Phi) is 3.84. The summed E-state index contributed by atoms with van der Waals surface area (Å²) < 4.78 is 66.2. The fourth-order valence-electron chi connectivity index (χ4n) is 2.00. The summed E-state index contributed by atoms with van der Waals surface area (Å²) in [7, 11) is 0. The van der Waals surface area contributed by atoms with E-state index in [1.165, 1.54) is 6.92 Å². The van der Waals surface area contributed by atoms with Crippen molar-refractivity contribution in [2.45, 2.75) is 13.0 Å². The van der Waals surface area contributed by atoms with Crippen molar-refractivity contribution in [3.63, 3.8) is 0 Å². The van der Waals surface area contributed by atoms with Crippen LogP contribution in [0.5, 0.6) is 0 Å². The lowest BCUT2D eigenvalue weighted by Gasteiger charge is -2.33. The molecule has 1 unspecified atom stereocenters. The maximum absolute atomic E-state index is 13.6. The Morgan fingerprint density at radius 3 is 2.05 bits per heavy atom. The minimum atomic E-state index is -2.34. The van der Waals surface area contributed by atoms with E-state index in [9.17, 15) is 31.5 Å². The molecule has 0 aliphatic carbocycles. The Morgan fingerprint density at radius 1 is 1.05 bits per heavy atom. The molecule has 1 atom stereocenters. The van der Waals surface area contributed by atoms with Crippen molar-refractivity contribution in [3.05, 3.63) is 34.6 Å². The van der Waals surface area contributed by atoms with E-state index >= 15 is 0 Å². The average molecular weight is 308 g/mol. The van der Waals surface area contributed by atoms with Crippen molar-refractivity contribution in [3.8, 4) is 0 Å². The lowest BCUT2D eigenvalue weighted by Crippen LogP contribution is -2.56. The molecule has 0 spiro atoms. The predicted molar refractivity (Wildman–Crippen MR) is 59.7 cm³/mol. The normalized spacial score (nSPS) is 18.7. The minimum Gasteiger partial charge on any atom is -0.353 e. The van der Waals surface area contributed by atoms with Crippen LogP contribution in [0.15, 0.2) is 0 Å². The summed E-state index contributed by atoms with van der Waals surface area (Å²) in [6, 6.07) is -1.08. The van der Waals surface area contributed by atoms with Gasteiger partial charge in [-0.3, -0.25) is 9.59 Å². The molecule has 1 fully saturated rings. The molecule has 4 nitrogen and oxygen atoms in total. The van der Waals surface area contributed by atoms with Gasteiger partial charge in [-0.15, -0.1) is 0 Å². The molecule has 0 aromatic heterocycles. The summed E-state index contributed by atoms with van der Waals surface area (Å²) in [6.07, 6.45) is 0. The van der Waals surface area contributed by atoms with Crippen LogP contribution in [0.4, 0.5) is 22.0 Å². The fourth-order valence-corrected chi connectivity index (χ4v) is 2.00. The van der Waals surface area contributed by atoms with Crippen LogP contribution in [0.3, 0.4) is 0 Å². The van der Waals surface area contributed by atoms with Gasteiger partial charge in [-0.2, -0.15) is 0 Å². The van der Waals surface area contributed by atoms with E-state index in [0.717, 1.165) is 4.90 Å². The number of halogens is 5. The molecule has 2 amide bonds. The molecule has 0 radical (unpaired) electrons. The highest BCUT2D eigenvalue weighted by atomic mass is 19.2. The molecular weight excluding hydrogens is 299 g/mol. The molecule has 2 rings (SSSR count). The summed E-state index contributed by atoms with van der Waals surface area (Å²) in [5, 5.41) is 2.40. The zero-order valence-corrected chi connectivity index (χ0v) is 10.6. The lowest BCUT2D eigenvalue weighted by molar-refractivity contribution is -0.127. The number of piperazine rings is 1. The SMILES string of the molecule is CC1C(=O)NCCN1C(=O)c1c(F)c(F)c(F)c(F)c1F. The number of carbonyl (C=O) groups excluding carboxylic acids is 2. The third kappa shape index (κ3) is 2.32. The molecule has 1 aromatic carbocycles. The first-order chi connectivity index (χ1) is 9.77. The minimum absolute atomic E-state index is 0.0182. The number of rotatable bonds is 1. The van der Waals surface area contributed by atoms with Crippen molar-refractivity contribution in [2.75, 3.05) is 13.1 Å². The topological polar surface area (TPSA) is 49.4 Å². The van der Waals surface area contributed by atoms with Crippen molar-refractivity contribution in [1.29, 1.82) is 0 Å². The second-order valence-corrected chi connectivity index (χ2v) is 4.41. The first-order valence-electron chi connectivity index (χ1n) is 5.87. The largest absolute Gasteiger partial charge is 0.353 e. The number of hydrogen-bond acceptors (Lipinski definition) is 2. The number of hydrogen-bond donors (Lipinski definition) is 1. The highest BCUT2D eigenvalue weighted by Crippen LogP contribution is 2.25. The smallest absolute Gasteiger partial charge is 0.260 e. The zero-order chi connectivity index (χ0) is 15.9. The van der Waals surface area contributed by atoms with E-state index in [2.05, 4.69) is 5.32 Å². The molecule has 1 aromatic rings. The first kappa shape index (κ1) is 15.2.